The van der Waals surface area contributed by atoms with E-state index in [4.69, 9.17) is 38.0 Å². The van der Waals surface area contributed by atoms with Crippen molar-refractivity contribution in [3.05, 3.63) is 70.6 Å². The predicted molar refractivity (Wildman–Crippen MR) is 130 cm³/mol. The number of halogens is 1. The number of thioether (sulfide) groups is 1. The number of nitrogens with zero attached hydrogens (tertiary/aromatic N) is 1. The summed E-state index contributed by atoms with van der Waals surface area (Å²) in [4.78, 5) is 14.7. The van der Waals surface area contributed by atoms with Crippen molar-refractivity contribution in [2.45, 2.75) is 6.42 Å². The van der Waals surface area contributed by atoms with E-state index in [2.05, 4.69) is 6.58 Å². The topological polar surface area (TPSA) is 48.0 Å². The maximum absolute atomic E-state index is 12.6. The monoisotopic (exact) mass is 475 g/mol. The van der Waals surface area contributed by atoms with Crippen molar-refractivity contribution < 1.29 is 19.0 Å². The summed E-state index contributed by atoms with van der Waals surface area (Å²) < 4.78 is 17.7. The van der Waals surface area contributed by atoms with Gasteiger partial charge in [-0.25, -0.2) is 0 Å². The van der Waals surface area contributed by atoms with Crippen molar-refractivity contribution in [3.8, 4) is 17.2 Å². The molecule has 2 aromatic rings. The molecule has 0 atom stereocenters. The Morgan fingerprint density at radius 3 is 2.61 bits per heavy atom. The number of hydrogen-bond acceptors (Lipinski definition) is 6. The van der Waals surface area contributed by atoms with Crippen molar-refractivity contribution in [2.75, 3.05) is 26.9 Å². The number of carbonyl (C=O) groups is 1. The summed E-state index contributed by atoms with van der Waals surface area (Å²) in [7, 11) is 1.58. The Morgan fingerprint density at radius 1 is 1.13 bits per heavy atom. The molecule has 3 rings (SSSR count). The summed E-state index contributed by atoms with van der Waals surface area (Å²) in [6, 6.07) is 12.9. The lowest BCUT2D eigenvalue weighted by molar-refractivity contribution is -0.121. The first kappa shape index (κ1) is 23.2. The highest BCUT2D eigenvalue weighted by Gasteiger charge is 2.31. The molecule has 0 radical (unpaired) electrons. The number of hydrogen-bond donors (Lipinski definition) is 0. The third kappa shape index (κ3) is 5.81. The summed E-state index contributed by atoms with van der Waals surface area (Å²) in [6.45, 7) is 4.92. The van der Waals surface area contributed by atoms with E-state index in [1.54, 1.807) is 25.3 Å². The van der Waals surface area contributed by atoms with Crippen molar-refractivity contribution in [1.29, 1.82) is 0 Å². The Labute approximate surface area is 196 Å². The van der Waals surface area contributed by atoms with Gasteiger partial charge >= 0.3 is 0 Å². The molecule has 1 fully saturated rings. The maximum Gasteiger partial charge on any atom is 0.266 e. The normalized spacial score (nSPS) is 14.8. The van der Waals surface area contributed by atoms with Gasteiger partial charge in [0.1, 0.15) is 10.1 Å². The fourth-order valence-electron chi connectivity index (χ4n) is 2.87. The van der Waals surface area contributed by atoms with Gasteiger partial charge < -0.3 is 14.2 Å². The second-order valence-corrected chi connectivity index (χ2v) is 8.52. The standard InChI is InChI=1S/C23H22ClNO4S2/c1-3-12-25-22(26)20(31-23(25)30)15-16-8-6-11-19(27-2)21(16)29-14-7-13-28-18-10-5-4-9-17(18)24/h3-6,8-11,15H,1,7,12-14H2,2H3. The SMILES string of the molecule is C=CCN1C(=O)C(=Cc2cccc(OC)c2OCCCOc2ccccc2Cl)SC1=S. The summed E-state index contributed by atoms with van der Waals surface area (Å²) >= 11 is 12.7. The van der Waals surface area contributed by atoms with Crippen molar-refractivity contribution >= 4 is 51.9 Å². The van der Waals surface area contributed by atoms with Gasteiger partial charge in [0.15, 0.2) is 11.5 Å². The van der Waals surface area contributed by atoms with Gasteiger partial charge in [0.25, 0.3) is 5.91 Å². The van der Waals surface area contributed by atoms with Crippen LogP contribution in [0.2, 0.25) is 5.02 Å². The summed E-state index contributed by atoms with van der Waals surface area (Å²) in [5.74, 6) is 1.65. The van der Waals surface area contributed by atoms with Crippen molar-refractivity contribution in [3.63, 3.8) is 0 Å². The number of methoxy groups -OCH3 is 1. The number of ether oxygens (including phenoxy) is 3. The molecule has 1 aliphatic rings. The van der Waals surface area contributed by atoms with Gasteiger partial charge in [0.2, 0.25) is 0 Å². The first-order valence-electron chi connectivity index (χ1n) is 9.58. The molecule has 0 unspecified atom stereocenters. The lowest BCUT2D eigenvalue weighted by Gasteiger charge is -2.14. The zero-order valence-electron chi connectivity index (χ0n) is 17.0. The van der Waals surface area contributed by atoms with E-state index in [-0.39, 0.29) is 5.91 Å². The Morgan fingerprint density at radius 2 is 1.87 bits per heavy atom. The maximum atomic E-state index is 12.6. The number of benzene rings is 2. The lowest BCUT2D eigenvalue weighted by atomic mass is 10.1. The van der Waals surface area contributed by atoms with Crippen LogP contribution in [0.15, 0.2) is 60.0 Å². The minimum absolute atomic E-state index is 0.142. The molecule has 8 heteroatoms. The Bertz CT molecular complexity index is 1010. The molecule has 0 spiro atoms. The molecule has 162 valence electrons. The van der Waals surface area contributed by atoms with Crippen molar-refractivity contribution in [2.24, 2.45) is 0 Å². The molecular formula is C23H22ClNO4S2. The third-order valence-electron chi connectivity index (χ3n) is 4.33. The highest BCUT2D eigenvalue weighted by molar-refractivity contribution is 8.26. The highest BCUT2D eigenvalue weighted by atomic mass is 35.5. The van der Waals surface area contributed by atoms with Gasteiger partial charge in [-0.2, -0.15) is 0 Å². The smallest absolute Gasteiger partial charge is 0.266 e. The molecule has 1 saturated heterocycles. The Balaban J connectivity index is 1.68. The Hall–Kier alpha value is -2.48. The molecule has 2 aromatic carbocycles. The number of amides is 1. The van der Waals surface area contributed by atoms with Gasteiger partial charge in [-0.05, 0) is 24.3 Å². The molecule has 5 nitrogen and oxygen atoms in total. The quantitative estimate of drug-likeness (QED) is 0.193. The van der Waals surface area contributed by atoms with Crippen LogP contribution in [-0.2, 0) is 4.79 Å². The first-order chi connectivity index (χ1) is 15.0. The zero-order valence-corrected chi connectivity index (χ0v) is 19.4. The molecule has 0 bridgehead atoms. The zero-order chi connectivity index (χ0) is 22.2. The fraction of sp³-hybridized carbons (Fsp3) is 0.217. The number of para-hydroxylation sites is 2. The second-order valence-electron chi connectivity index (χ2n) is 6.44. The minimum Gasteiger partial charge on any atom is -0.493 e. The van der Waals surface area contributed by atoms with E-state index in [9.17, 15) is 4.79 Å². The Kier molecular flexibility index (Phi) is 8.40. The van der Waals surface area contributed by atoms with E-state index in [1.165, 1.54) is 16.7 Å². The van der Waals surface area contributed by atoms with E-state index in [1.807, 2.05) is 36.4 Å². The van der Waals surface area contributed by atoms with Crippen LogP contribution in [-0.4, -0.2) is 42.0 Å². The van der Waals surface area contributed by atoms with Gasteiger partial charge in [-0.15, -0.1) is 6.58 Å². The van der Waals surface area contributed by atoms with Crippen LogP contribution < -0.4 is 14.2 Å². The summed E-state index contributed by atoms with van der Waals surface area (Å²) in [5, 5.41) is 0.573. The van der Waals surface area contributed by atoms with Gasteiger partial charge in [-0.1, -0.05) is 65.9 Å². The van der Waals surface area contributed by atoms with Crippen LogP contribution in [0.25, 0.3) is 6.08 Å². The van der Waals surface area contributed by atoms with Crippen LogP contribution in [0.1, 0.15) is 12.0 Å². The molecular weight excluding hydrogens is 454 g/mol. The molecule has 0 N–H and O–H groups in total. The van der Waals surface area contributed by atoms with Crippen LogP contribution >= 0.6 is 35.6 Å². The molecule has 0 saturated carbocycles. The molecule has 31 heavy (non-hydrogen) atoms. The predicted octanol–water partition coefficient (Wildman–Crippen LogP) is 5.58. The van der Waals surface area contributed by atoms with Crippen LogP contribution in [0, 0.1) is 0 Å². The van der Waals surface area contributed by atoms with E-state index in [0.717, 1.165) is 5.56 Å². The first-order valence-corrected chi connectivity index (χ1v) is 11.2. The van der Waals surface area contributed by atoms with Crippen LogP contribution in [0.4, 0.5) is 0 Å². The average Bonchev–Trinajstić information content (AvgIpc) is 3.03. The minimum atomic E-state index is -0.142. The highest BCUT2D eigenvalue weighted by Crippen LogP contribution is 2.37. The average molecular weight is 476 g/mol. The summed E-state index contributed by atoms with van der Waals surface area (Å²) in [6.07, 6.45) is 4.07. The number of rotatable bonds is 10. The van der Waals surface area contributed by atoms with E-state index >= 15 is 0 Å². The van der Waals surface area contributed by atoms with Gasteiger partial charge in [0, 0.05) is 18.5 Å². The lowest BCUT2D eigenvalue weighted by Crippen LogP contribution is -2.27. The van der Waals surface area contributed by atoms with Crippen LogP contribution in [0.3, 0.4) is 0 Å². The van der Waals surface area contributed by atoms with E-state index < -0.39 is 0 Å². The van der Waals surface area contributed by atoms with Gasteiger partial charge in [-0.3, -0.25) is 9.69 Å². The molecule has 1 aliphatic heterocycles. The molecule has 1 heterocycles. The third-order valence-corrected chi connectivity index (χ3v) is 6.02. The fourth-order valence-corrected chi connectivity index (χ4v) is 4.32. The van der Waals surface area contributed by atoms with E-state index in [0.29, 0.717) is 57.7 Å². The number of carbonyl (C=O) groups excluding carboxylic acids is 1. The second kappa shape index (κ2) is 11.2. The van der Waals surface area contributed by atoms with Gasteiger partial charge in [0.05, 0.1) is 30.3 Å². The number of thiocarbonyl (C=S) groups is 1. The van der Waals surface area contributed by atoms with Crippen molar-refractivity contribution in [1.82, 2.24) is 4.90 Å². The molecule has 0 aliphatic carbocycles. The largest absolute Gasteiger partial charge is 0.493 e. The summed E-state index contributed by atoms with van der Waals surface area (Å²) in [5.41, 5.74) is 0.741. The molecule has 1 amide bonds. The van der Waals surface area contributed by atoms with Crippen LogP contribution in [0.5, 0.6) is 17.2 Å². The molecule has 0 aromatic heterocycles.